The van der Waals surface area contributed by atoms with Gasteiger partial charge >= 0.3 is 99.2 Å². The van der Waals surface area contributed by atoms with Gasteiger partial charge in [-0.25, -0.2) is 11.6 Å². The Kier molecular flexibility index (Phi) is 12.9. The molecule has 1 aliphatic carbocycles. The van der Waals surface area contributed by atoms with E-state index in [0.717, 1.165) is 12.8 Å². The molecule has 0 heterocycles. The molecule has 0 nitrogen and oxygen atoms in total. The first-order valence-electron chi connectivity index (χ1n) is 11.7. The van der Waals surface area contributed by atoms with Gasteiger partial charge in [-0.05, 0) is 0 Å². The number of benzene rings is 4. The zero-order chi connectivity index (χ0) is 23.6. The third kappa shape index (κ3) is 8.04. The van der Waals surface area contributed by atoms with Crippen LogP contribution >= 0.6 is 0 Å². The molecular weight excluding hydrogens is 558 g/mol. The molecule has 0 saturated carbocycles. The maximum absolute atomic E-state index is 3.11. The van der Waals surface area contributed by atoms with Gasteiger partial charge in [0, 0.05) is 0 Å². The van der Waals surface area contributed by atoms with E-state index in [1.807, 2.05) is 0 Å². The first-order chi connectivity index (χ1) is 16.8. The van der Waals surface area contributed by atoms with Crippen molar-refractivity contribution >= 4 is 24.8 Å². The number of hydrogen-bond acceptors (Lipinski definition) is 0. The summed E-state index contributed by atoms with van der Waals surface area (Å²) in [6, 6.07) is 40.4. The molecular formula is C33H28Cl2Zr-2. The van der Waals surface area contributed by atoms with Gasteiger partial charge in [-0.15, -0.1) is 46.2 Å². The van der Waals surface area contributed by atoms with E-state index >= 15 is 0 Å². The van der Waals surface area contributed by atoms with E-state index in [1.165, 1.54) is 65.7 Å². The van der Waals surface area contributed by atoms with E-state index in [0.29, 0.717) is 0 Å². The van der Waals surface area contributed by atoms with Gasteiger partial charge in [-0.1, -0.05) is 49.7 Å². The topological polar surface area (TPSA) is 0 Å². The summed E-state index contributed by atoms with van der Waals surface area (Å²) in [6.45, 7) is 2.16. The Bertz CT molecular complexity index is 1320. The number of hydrogen-bond donors (Lipinski definition) is 0. The van der Waals surface area contributed by atoms with Crippen LogP contribution in [-0.4, -0.2) is 3.21 Å². The summed E-state index contributed by atoms with van der Waals surface area (Å²) in [5.74, 6) is 0. The number of allylic oxidation sites excluding steroid dienone is 4. The van der Waals surface area contributed by atoms with Gasteiger partial charge in [0.2, 0.25) is 0 Å². The van der Waals surface area contributed by atoms with Crippen LogP contribution in [-0.2, 0) is 24.2 Å². The predicted molar refractivity (Wildman–Crippen MR) is 144 cm³/mol. The molecule has 3 heteroatoms. The van der Waals surface area contributed by atoms with Crippen LogP contribution in [0.2, 0.25) is 0 Å². The van der Waals surface area contributed by atoms with Crippen molar-refractivity contribution < 1.29 is 49.0 Å². The van der Waals surface area contributed by atoms with Crippen LogP contribution < -0.4 is 24.8 Å². The summed E-state index contributed by atoms with van der Waals surface area (Å²) in [7, 11) is 0. The fourth-order valence-electron chi connectivity index (χ4n) is 3.97. The molecule has 0 aliphatic heterocycles. The van der Waals surface area contributed by atoms with Gasteiger partial charge in [0.15, 0.2) is 0 Å². The smallest absolute Gasteiger partial charge is 0.0771 e. The number of rotatable bonds is 3. The molecule has 0 spiro atoms. The molecule has 0 atom stereocenters. The molecule has 0 unspecified atom stereocenters. The minimum Gasteiger partial charge on any atom is -0.126 e. The van der Waals surface area contributed by atoms with Crippen molar-refractivity contribution in [2.45, 2.75) is 19.8 Å². The Balaban J connectivity index is 0.000000194. The molecule has 0 radical (unpaired) electrons. The fourth-order valence-corrected chi connectivity index (χ4v) is 4.78. The number of halogens is 2. The standard InChI is InChI=1S/C13H9.C13H10.C7H9.2ClH.Zr/c1-3-7-12-10(5-1)9-11-6-2-4-8-13(11)12;1-3-7-12(8-4-1)11-13-9-5-2-6-10-13;1-2-7-5-3-4-6-7;;;/h1-9H;1-10H;5-6H,2-3H2,1H3;2*1H;/q-1;;-1;;;+2/p-2. The predicted octanol–water partition coefficient (Wildman–Crippen LogP) is 2.61. The van der Waals surface area contributed by atoms with Crippen molar-refractivity contribution in [1.29, 1.82) is 0 Å². The molecule has 0 amide bonds. The Labute approximate surface area is 242 Å². The van der Waals surface area contributed by atoms with E-state index in [4.69, 9.17) is 0 Å². The van der Waals surface area contributed by atoms with Crippen LogP contribution in [0.5, 0.6) is 0 Å². The monoisotopic (exact) mass is 584 g/mol. The van der Waals surface area contributed by atoms with Gasteiger partial charge in [0.25, 0.3) is 0 Å². The zero-order valence-corrected chi connectivity index (χ0v) is 24.3. The molecule has 5 aromatic rings. The molecule has 0 saturated heterocycles. The maximum atomic E-state index is 3.11. The summed E-state index contributed by atoms with van der Waals surface area (Å²) in [4.78, 5) is 0. The molecule has 180 valence electrons. The van der Waals surface area contributed by atoms with Gasteiger partial charge in [-0.3, -0.25) is 6.08 Å². The molecule has 1 aliphatic rings. The van der Waals surface area contributed by atoms with Gasteiger partial charge in [-0.2, -0.15) is 6.08 Å². The minimum absolute atomic E-state index is 0. The van der Waals surface area contributed by atoms with Gasteiger partial charge in [0.05, 0.1) is 0 Å². The normalized spacial score (nSPS) is 11.2. The van der Waals surface area contributed by atoms with E-state index in [1.54, 1.807) is 0 Å². The molecule has 0 bridgehead atoms. The second kappa shape index (κ2) is 15.6. The van der Waals surface area contributed by atoms with E-state index in [2.05, 4.69) is 140 Å². The summed E-state index contributed by atoms with van der Waals surface area (Å²) < 4.78 is 1.42. The summed E-state index contributed by atoms with van der Waals surface area (Å²) >= 11 is 1.46. The van der Waals surface area contributed by atoms with Gasteiger partial charge in [0.1, 0.15) is 0 Å². The van der Waals surface area contributed by atoms with Crippen LogP contribution in [0.4, 0.5) is 0 Å². The van der Waals surface area contributed by atoms with Crippen molar-refractivity contribution in [3.05, 3.63) is 150 Å². The van der Waals surface area contributed by atoms with Crippen molar-refractivity contribution in [3.63, 3.8) is 0 Å². The van der Waals surface area contributed by atoms with Crippen LogP contribution in [0.1, 0.15) is 30.9 Å². The van der Waals surface area contributed by atoms with Crippen molar-refractivity contribution in [2.24, 2.45) is 0 Å². The second-order valence-corrected chi connectivity index (χ2v) is 9.34. The maximum Gasteiger partial charge on any atom is -0.0771 e. The molecule has 0 fully saturated rings. The average molecular weight is 587 g/mol. The Morgan fingerprint density at radius 2 is 1.14 bits per heavy atom. The van der Waals surface area contributed by atoms with Crippen molar-refractivity contribution in [2.75, 3.05) is 0 Å². The largest absolute Gasteiger partial charge is 0.126 e. The quantitative estimate of drug-likeness (QED) is 0.286. The second-order valence-electron chi connectivity index (χ2n) is 8.11. The summed E-state index contributed by atoms with van der Waals surface area (Å²) in [5.41, 5.74) is 4.09. The van der Waals surface area contributed by atoms with E-state index in [-0.39, 0.29) is 24.8 Å². The molecule has 0 N–H and O–H groups in total. The molecule has 0 aromatic heterocycles. The van der Waals surface area contributed by atoms with E-state index in [9.17, 15) is 0 Å². The molecule has 36 heavy (non-hydrogen) atoms. The van der Waals surface area contributed by atoms with Crippen LogP contribution in [0.3, 0.4) is 0 Å². The van der Waals surface area contributed by atoms with Gasteiger partial charge < -0.3 is 24.8 Å². The van der Waals surface area contributed by atoms with Crippen LogP contribution in [0.25, 0.3) is 21.5 Å². The van der Waals surface area contributed by atoms with Crippen molar-refractivity contribution in [1.82, 2.24) is 0 Å². The fraction of sp³-hybridized carbons (Fsp3) is 0.0909. The number of fused-ring (bicyclic) bond motifs is 3. The van der Waals surface area contributed by atoms with Crippen LogP contribution in [0, 0.1) is 6.08 Å². The Morgan fingerprint density at radius 1 is 0.694 bits per heavy atom. The molecule has 5 aromatic carbocycles. The van der Waals surface area contributed by atoms with E-state index < -0.39 is 0 Å². The SMILES string of the molecule is CCC1=CC[C-]=C1.[Cl-].[Cl-].[Zr+2]=[C](c1ccccc1)c1ccccc1.c1ccc2c(c1)[cH-]c1ccccc12. The van der Waals surface area contributed by atoms with Crippen LogP contribution in [0.15, 0.2) is 133 Å². The summed E-state index contributed by atoms with van der Waals surface area (Å²) in [5, 5.41) is 5.39. The third-order valence-corrected chi connectivity index (χ3v) is 7.24. The minimum atomic E-state index is 0. The van der Waals surface area contributed by atoms with Crippen molar-refractivity contribution in [3.8, 4) is 0 Å². The summed E-state index contributed by atoms with van der Waals surface area (Å²) in [6.07, 6.45) is 9.57. The zero-order valence-electron chi connectivity index (χ0n) is 20.3. The Morgan fingerprint density at radius 3 is 1.53 bits per heavy atom. The average Bonchev–Trinajstić information content (AvgIpc) is 3.58. The molecule has 6 rings (SSSR count). The Hall–Kier alpha value is -2.44. The third-order valence-electron chi connectivity index (χ3n) is 5.83. The first-order valence-corrected chi connectivity index (χ1v) is 13.0. The first kappa shape index (κ1) is 29.8.